The monoisotopic (exact) mass is 456 g/mol. The molecule has 0 saturated carbocycles. The maximum absolute atomic E-state index is 12.6. The molecule has 1 atom stereocenters. The van der Waals surface area contributed by atoms with Gasteiger partial charge < -0.3 is 15.0 Å². The highest BCUT2D eigenvalue weighted by atomic mass is 35.5. The lowest BCUT2D eigenvalue weighted by atomic mass is 10.2. The van der Waals surface area contributed by atoms with Crippen molar-refractivity contribution in [3.8, 4) is 0 Å². The minimum Gasteiger partial charge on any atom is -0.374 e. The zero-order valence-corrected chi connectivity index (χ0v) is 18.3. The average Bonchev–Trinajstić information content (AvgIpc) is 2.96. The Morgan fingerprint density at radius 3 is 2.79 bits per heavy atom. The first-order chi connectivity index (χ1) is 13.9. The maximum Gasteiger partial charge on any atom is 0.254 e. The third kappa shape index (κ3) is 6.12. The third-order valence-corrected chi connectivity index (χ3v) is 5.93. The van der Waals surface area contributed by atoms with Crippen molar-refractivity contribution in [1.29, 1.82) is 0 Å². The van der Waals surface area contributed by atoms with Crippen molar-refractivity contribution >= 4 is 46.4 Å². The Labute approximate surface area is 183 Å². The number of nitrogens with zero attached hydrogens (tertiary/aromatic N) is 3. The maximum atomic E-state index is 12.6. The van der Waals surface area contributed by atoms with E-state index in [1.165, 1.54) is 12.4 Å². The molecule has 3 heterocycles. The van der Waals surface area contributed by atoms with E-state index in [-0.39, 0.29) is 34.2 Å². The number of thiazole rings is 1. The van der Waals surface area contributed by atoms with Crippen molar-refractivity contribution in [3.05, 3.63) is 44.1 Å². The van der Waals surface area contributed by atoms with Gasteiger partial charge in [-0.1, -0.05) is 23.2 Å². The molecule has 156 valence electrons. The summed E-state index contributed by atoms with van der Waals surface area (Å²) in [7, 11) is 0. The number of halogens is 2. The SMILES string of the molecule is Cc1nc(CCC(=O)N2CCCOC(CNC(=O)c3c(Cl)cncc3Cl)C2)cs1. The molecule has 1 unspecified atom stereocenters. The highest BCUT2D eigenvalue weighted by Crippen LogP contribution is 2.22. The van der Waals surface area contributed by atoms with Gasteiger partial charge in [0.2, 0.25) is 5.91 Å². The Hall–Kier alpha value is -1.74. The second-order valence-electron chi connectivity index (χ2n) is 6.73. The summed E-state index contributed by atoms with van der Waals surface area (Å²) in [5.41, 5.74) is 1.13. The van der Waals surface area contributed by atoms with Gasteiger partial charge in [0.1, 0.15) is 0 Å². The van der Waals surface area contributed by atoms with Gasteiger partial charge in [-0.3, -0.25) is 14.6 Å². The van der Waals surface area contributed by atoms with Gasteiger partial charge in [0, 0.05) is 50.4 Å². The Balaban J connectivity index is 1.53. The molecule has 2 amide bonds. The van der Waals surface area contributed by atoms with Crippen LogP contribution in [0.4, 0.5) is 0 Å². The number of aryl methyl sites for hydroxylation is 2. The van der Waals surface area contributed by atoms with Gasteiger partial charge in [-0.15, -0.1) is 11.3 Å². The molecular weight excluding hydrogens is 435 g/mol. The van der Waals surface area contributed by atoms with E-state index in [2.05, 4.69) is 15.3 Å². The molecule has 1 N–H and O–H groups in total. The van der Waals surface area contributed by atoms with E-state index in [1.807, 2.05) is 12.3 Å². The third-order valence-electron chi connectivity index (χ3n) is 4.53. The average molecular weight is 457 g/mol. The van der Waals surface area contributed by atoms with Crippen LogP contribution < -0.4 is 5.32 Å². The molecule has 1 saturated heterocycles. The van der Waals surface area contributed by atoms with Gasteiger partial charge in [-0.05, 0) is 19.8 Å². The fourth-order valence-electron chi connectivity index (χ4n) is 3.08. The van der Waals surface area contributed by atoms with E-state index in [0.29, 0.717) is 32.5 Å². The van der Waals surface area contributed by atoms with Crippen LogP contribution in [0.5, 0.6) is 0 Å². The fourth-order valence-corrected chi connectivity index (χ4v) is 4.27. The molecule has 10 heteroatoms. The standard InChI is InChI=1S/C19H22Cl2N4O3S/c1-12-24-13(11-29-12)3-4-17(26)25-5-2-6-28-14(10-25)7-23-19(27)18-15(20)8-22-9-16(18)21/h8-9,11,14H,2-7,10H2,1H3,(H,23,27). The van der Waals surface area contributed by atoms with Crippen molar-refractivity contribution in [2.45, 2.75) is 32.3 Å². The van der Waals surface area contributed by atoms with E-state index in [1.54, 1.807) is 16.2 Å². The summed E-state index contributed by atoms with van der Waals surface area (Å²) in [5, 5.41) is 6.15. The zero-order chi connectivity index (χ0) is 20.8. The number of pyridine rings is 1. The molecule has 29 heavy (non-hydrogen) atoms. The van der Waals surface area contributed by atoms with Gasteiger partial charge >= 0.3 is 0 Å². The molecule has 0 aromatic carbocycles. The van der Waals surface area contributed by atoms with Gasteiger partial charge in [0.25, 0.3) is 5.91 Å². The fraction of sp³-hybridized carbons (Fsp3) is 0.474. The summed E-state index contributed by atoms with van der Waals surface area (Å²) in [6.07, 6.45) is 4.23. The van der Waals surface area contributed by atoms with Gasteiger partial charge in [-0.25, -0.2) is 4.98 Å². The van der Waals surface area contributed by atoms with E-state index < -0.39 is 5.91 Å². The predicted octanol–water partition coefficient (Wildman–Crippen LogP) is 3.13. The zero-order valence-electron chi connectivity index (χ0n) is 16.0. The number of amides is 2. The Kier molecular flexibility index (Phi) is 7.83. The number of carbonyl (C=O) groups excluding carboxylic acids is 2. The topological polar surface area (TPSA) is 84.4 Å². The molecule has 0 radical (unpaired) electrons. The number of nitrogens with one attached hydrogen (secondary N) is 1. The summed E-state index contributed by atoms with van der Waals surface area (Å²) in [5.74, 6) is -0.329. The van der Waals surface area contributed by atoms with Gasteiger partial charge in [0.15, 0.2) is 0 Å². The number of rotatable bonds is 6. The van der Waals surface area contributed by atoms with Crippen LogP contribution in [0.15, 0.2) is 17.8 Å². The molecule has 1 aliphatic rings. The largest absolute Gasteiger partial charge is 0.374 e. The van der Waals surface area contributed by atoms with Gasteiger partial charge in [0.05, 0.1) is 32.4 Å². The number of hydrogen-bond acceptors (Lipinski definition) is 6. The Morgan fingerprint density at radius 2 is 2.10 bits per heavy atom. The van der Waals surface area contributed by atoms with Crippen molar-refractivity contribution in [2.75, 3.05) is 26.2 Å². The van der Waals surface area contributed by atoms with E-state index in [4.69, 9.17) is 27.9 Å². The second-order valence-corrected chi connectivity index (χ2v) is 8.61. The number of ether oxygens (including phenoxy) is 1. The first-order valence-electron chi connectivity index (χ1n) is 9.31. The summed E-state index contributed by atoms with van der Waals surface area (Å²) in [6, 6.07) is 0. The molecule has 2 aromatic rings. The molecular formula is C19H22Cl2N4O3S. The molecule has 0 aliphatic carbocycles. The van der Waals surface area contributed by atoms with Crippen LogP contribution in [0.3, 0.4) is 0 Å². The van der Waals surface area contributed by atoms with Crippen LogP contribution in [0.1, 0.15) is 33.9 Å². The quantitative estimate of drug-likeness (QED) is 0.721. The van der Waals surface area contributed by atoms with E-state index >= 15 is 0 Å². The highest BCUT2D eigenvalue weighted by Gasteiger charge is 2.24. The van der Waals surface area contributed by atoms with Crippen LogP contribution in [-0.2, 0) is 16.0 Å². The molecule has 0 bridgehead atoms. The second kappa shape index (κ2) is 10.3. The summed E-state index contributed by atoms with van der Waals surface area (Å²) in [4.78, 5) is 35.1. The van der Waals surface area contributed by atoms with Crippen LogP contribution in [0, 0.1) is 6.92 Å². The first kappa shape index (κ1) is 22.0. The van der Waals surface area contributed by atoms with Crippen molar-refractivity contribution in [2.24, 2.45) is 0 Å². The normalized spacial score (nSPS) is 17.1. The summed E-state index contributed by atoms with van der Waals surface area (Å²) >= 11 is 13.6. The summed E-state index contributed by atoms with van der Waals surface area (Å²) < 4.78 is 5.80. The predicted molar refractivity (Wildman–Crippen MR) is 113 cm³/mol. The van der Waals surface area contributed by atoms with Crippen LogP contribution in [0.2, 0.25) is 10.0 Å². The smallest absolute Gasteiger partial charge is 0.254 e. The van der Waals surface area contributed by atoms with Crippen LogP contribution in [-0.4, -0.2) is 59.0 Å². The molecule has 0 spiro atoms. The minimum absolute atomic E-state index is 0.0673. The van der Waals surface area contributed by atoms with E-state index in [9.17, 15) is 9.59 Å². The van der Waals surface area contributed by atoms with Crippen molar-refractivity contribution in [1.82, 2.24) is 20.2 Å². The molecule has 7 nitrogen and oxygen atoms in total. The highest BCUT2D eigenvalue weighted by molar-refractivity contribution is 7.09. The Morgan fingerprint density at radius 1 is 1.34 bits per heavy atom. The Bertz CT molecular complexity index is 857. The van der Waals surface area contributed by atoms with Gasteiger partial charge in [-0.2, -0.15) is 0 Å². The molecule has 3 rings (SSSR count). The molecule has 1 fully saturated rings. The lowest BCUT2D eigenvalue weighted by Crippen LogP contribution is -2.42. The molecule has 1 aliphatic heterocycles. The molecule has 2 aromatic heterocycles. The number of aromatic nitrogens is 2. The lowest BCUT2D eigenvalue weighted by molar-refractivity contribution is -0.131. The number of carbonyl (C=O) groups is 2. The number of hydrogen-bond donors (Lipinski definition) is 1. The van der Waals surface area contributed by atoms with Crippen molar-refractivity contribution in [3.63, 3.8) is 0 Å². The van der Waals surface area contributed by atoms with Crippen LogP contribution >= 0.6 is 34.5 Å². The first-order valence-corrected chi connectivity index (χ1v) is 10.9. The van der Waals surface area contributed by atoms with Crippen LogP contribution in [0.25, 0.3) is 0 Å². The lowest BCUT2D eigenvalue weighted by Gasteiger charge is -2.24. The summed E-state index contributed by atoms with van der Waals surface area (Å²) in [6.45, 7) is 3.80. The minimum atomic E-state index is -0.396. The van der Waals surface area contributed by atoms with E-state index in [0.717, 1.165) is 17.1 Å². The van der Waals surface area contributed by atoms with Crippen molar-refractivity contribution < 1.29 is 14.3 Å².